The van der Waals surface area contributed by atoms with Crippen LogP contribution in [0.3, 0.4) is 0 Å². The zero-order valence-corrected chi connectivity index (χ0v) is 11.3. The van der Waals surface area contributed by atoms with Crippen molar-refractivity contribution in [2.24, 2.45) is 5.73 Å². The molecule has 0 aliphatic heterocycles. The lowest BCUT2D eigenvalue weighted by molar-refractivity contribution is -0.120. The predicted octanol–water partition coefficient (Wildman–Crippen LogP) is 1.47. The zero-order valence-electron chi connectivity index (χ0n) is 10.5. The summed E-state index contributed by atoms with van der Waals surface area (Å²) >= 11 is 0. The minimum Gasteiger partial charge on any atom is -0.318 e. The van der Waals surface area contributed by atoms with Gasteiger partial charge in [0.2, 0.25) is 0 Å². The van der Waals surface area contributed by atoms with Crippen LogP contribution in [0.4, 0.5) is 0 Å². The average molecular weight is 269 g/mol. The van der Waals surface area contributed by atoms with Crippen LogP contribution in [0.25, 0.3) is 0 Å². The molecule has 0 heterocycles. The van der Waals surface area contributed by atoms with Crippen molar-refractivity contribution in [1.29, 1.82) is 0 Å². The second kappa shape index (κ2) is 6.66. The van der Waals surface area contributed by atoms with Crippen molar-refractivity contribution in [2.45, 2.75) is 25.8 Å². The molecule has 0 fully saturated rings. The van der Waals surface area contributed by atoms with E-state index in [1.54, 1.807) is 31.2 Å². The molecule has 0 aliphatic carbocycles. The molecule has 0 saturated heterocycles. The van der Waals surface area contributed by atoms with Crippen LogP contribution in [0.1, 0.15) is 31.4 Å². The predicted molar refractivity (Wildman–Crippen MR) is 71.9 cm³/mol. The van der Waals surface area contributed by atoms with E-state index < -0.39 is 15.9 Å². The van der Waals surface area contributed by atoms with Crippen molar-refractivity contribution in [2.75, 3.05) is 11.5 Å². The molecule has 0 radical (unpaired) electrons. The molecule has 1 aromatic rings. The number of Topliss-reactive ketones (excluding diaryl/α,β-unsaturated/α-hetero) is 1. The fraction of sp³-hybridized carbons (Fsp3) is 0.462. The number of rotatable bonds is 7. The molecule has 0 bridgehead atoms. The Morgan fingerprint density at radius 3 is 2.39 bits per heavy atom. The lowest BCUT2D eigenvalue weighted by Gasteiger charge is -2.10. The number of nitrogens with two attached hydrogens (primary N) is 1. The van der Waals surface area contributed by atoms with Gasteiger partial charge in [-0.2, -0.15) is 0 Å². The van der Waals surface area contributed by atoms with Crippen molar-refractivity contribution >= 4 is 15.6 Å². The Morgan fingerprint density at radius 2 is 1.83 bits per heavy atom. The molecule has 1 rings (SSSR count). The molecule has 1 aromatic carbocycles. The molecule has 18 heavy (non-hydrogen) atoms. The fourth-order valence-corrected chi connectivity index (χ4v) is 3.01. The molecule has 1 unspecified atom stereocenters. The fourth-order valence-electron chi connectivity index (χ4n) is 1.67. The molecule has 0 spiro atoms. The molecule has 0 aromatic heterocycles. The largest absolute Gasteiger partial charge is 0.318 e. The van der Waals surface area contributed by atoms with Crippen LogP contribution >= 0.6 is 0 Å². The Morgan fingerprint density at radius 1 is 1.22 bits per heavy atom. The lowest BCUT2D eigenvalue weighted by atomic mass is 10.0. The number of carbonyl (C=O) groups is 1. The summed E-state index contributed by atoms with van der Waals surface area (Å²) in [6.45, 7) is 1.80. The average Bonchev–Trinajstić information content (AvgIpc) is 2.36. The van der Waals surface area contributed by atoms with Gasteiger partial charge >= 0.3 is 0 Å². The van der Waals surface area contributed by atoms with Crippen molar-refractivity contribution in [3.05, 3.63) is 35.9 Å². The highest BCUT2D eigenvalue weighted by Gasteiger charge is 2.18. The van der Waals surface area contributed by atoms with E-state index in [9.17, 15) is 13.2 Å². The van der Waals surface area contributed by atoms with Gasteiger partial charge in [-0.15, -0.1) is 0 Å². The second-order valence-electron chi connectivity index (χ2n) is 4.26. The summed E-state index contributed by atoms with van der Waals surface area (Å²) in [7, 11) is -3.12. The Bertz CT molecular complexity index is 482. The Labute approximate surface area is 108 Å². The number of sulfone groups is 1. The van der Waals surface area contributed by atoms with Gasteiger partial charge in [-0.3, -0.25) is 4.79 Å². The summed E-state index contributed by atoms with van der Waals surface area (Å²) in [6, 6.07) is 8.24. The summed E-state index contributed by atoms with van der Waals surface area (Å²) < 4.78 is 23.0. The van der Waals surface area contributed by atoms with Gasteiger partial charge in [0, 0.05) is 12.2 Å². The smallest absolute Gasteiger partial charge is 0.155 e. The summed E-state index contributed by atoms with van der Waals surface area (Å²) in [5, 5.41) is 0. The third-order valence-electron chi connectivity index (χ3n) is 2.68. The van der Waals surface area contributed by atoms with Gasteiger partial charge in [-0.1, -0.05) is 37.3 Å². The highest BCUT2D eigenvalue weighted by molar-refractivity contribution is 7.91. The van der Waals surface area contributed by atoms with E-state index in [4.69, 9.17) is 5.73 Å². The number of hydrogen-bond donors (Lipinski definition) is 1. The molecule has 100 valence electrons. The lowest BCUT2D eigenvalue weighted by Crippen LogP contribution is -2.24. The Hall–Kier alpha value is -1.20. The van der Waals surface area contributed by atoms with E-state index in [1.165, 1.54) is 0 Å². The maximum atomic E-state index is 11.8. The minimum absolute atomic E-state index is 0.0155. The first-order chi connectivity index (χ1) is 8.46. The summed E-state index contributed by atoms with van der Waals surface area (Å²) in [6.07, 6.45) is 0.555. The van der Waals surface area contributed by atoms with Crippen molar-refractivity contribution in [1.82, 2.24) is 0 Å². The number of ketones is 1. The van der Waals surface area contributed by atoms with E-state index in [1.807, 2.05) is 6.07 Å². The zero-order chi connectivity index (χ0) is 13.6. The molecule has 1 atom stereocenters. The Balaban J connectivity index is 2.57. The summed E-state index contributed by atoms with van der Waals surface area (Å²) in [4.78, 5) is 11.8. The van der Waals surface area contributed by atoms with Gasteiger partial charge in [-0.25, -0.2) is 8.42 Å². The minimum atomic E-state index is -3.12. The van der Waals surface area contributed by atoms with Crippen LogP contribution in [0.5, 0.6) is 0 Å². The normalized spacial score (nSPS) is 13.2. The first-order valence-corrected chi connectivity index (χ1v) is 7.82. The van der Waals surface area contributed by atoms with Crippen molar-refractivity contribution in [3.8, 4) is 0 Å². The number of benzene rings is 1. The van der Waals surface area contributed by atoms with Crippen LogP contribution in [-0.2, 0) is 14.6 Å². The maximum Gasteiger partial charge on any atom is 0.155 e. The molecule has 2 N–H and O–H groups in total. The third-order valence-corrected chi connectivity index (χ3v) is 4.54. The number of carbonyl (C=O) groups excluding carboxylic acids is 1. The van der Waals surface area contributed by atoms with E-state index in [0.717, 1.165) is 5.56 Å². The van der Waals surface area contributed by atoms with Crippen molar-refractivity contribution in [3.63, 3.8) is 0 Å². The topological polar surface area (TPSA) is 77.2 Å². The summed E-state index contributed by atoms with van der Waals surface area (Å²) in [5.41, 5.74) is 6.52. The third kappa shape index (κ3) is 4.58. The van der Waals surface area contributed by atoms with Crippen molar-refractivity contribution < 1.29 is 13.2 Å². The van der Waals surface area contributed by atoms with E-state index in [0.29, 0.717) is 6.42 Å². The van der Waals surface area contributed by atoms with Gasteiger partial charge in [0.25, 0.3) is 0 Å². The van der Waals surface area contributed by atoms with Crippen LogP contribution in [0.2, 0.25) is 0 Å². The van der Waals surface area contributed by atoms with E-state index >= 15 is 0 Å². The monoisotopic (exact) mass is 269 g/mol. The van der Waals surface area contributed by atoms with Crippen LogP contribution in [-0.4, -0.2) is 25.7 Å². The summed E-state index contributed by atoms with van der Waals surface area (Å²) in [5.74, 6) is -0.220. The molecule has 0 amide bonds. The quantitative estimate of drug-likeness (QED) is 0.813. The maximum absolute atomic E-state index is 11.8. The molecule has 0 saturated carbocycles. The van der Waals surface area contributed by atoms with Gasteiger partial charge in [-0.05, 0) is 12.0 Å². The van der Waals surface area contributed by atoms with Crippen LogP contribution in [0, 0.1) is 0 Å². The first kappa shape index (κ1) is 14.9. The highest BCUT2D eigenvalue weighted by atomic mass is 32.2. The van der Waals surface area contributed by atoms with E-state index in [-0.39, 0.29) is 23.7 Å². The van der Waals surface area contributed by atoms with Gasteiger partial charge in [0.15, 0.2) is 15.6 Å². The molecule has 4 nitrogen and oxygen atoms in total. The van der Waals surface area contributed by atoms with Crippen LogP contribution < -0.4 is 5.73 Å². The number of hydrogen-bond acceptors (Lipinski definition) is 4. The molecule has 5 heteroatoms. The standard InChI is InChI=1S/C13H19NO3S/c1-2-9-18(16,17)10-8-12(15)13(14)11-6-4-3-5-7-11/h3-7,13H,2,8-10,14H2,1H3. The van der Waals surface area contributed by atoms with Gasteiger partial charge < -0.3 is 5.73 Å². The van der Waals surface area contributed by atoms with Crippen LogP contribution in [0.15, 0.2) is 30.3 Å². The molecular formula is C13H19NO3S. The van der Waals surface area contributed by atoms with E-state index in [2.05, 4.69) is 0 Å². The van der Waals surface area contributed by atoms with Gasteiger partial charge in [0.1, 0.15) is 0 Å². The molecule has 0 aliphatic rings. The first-order valence-electron chi connectivity index (χ1n) is 6.00. The SMILES string of the molecule is CCCS(=O)(=O)CCC(=O)C(N)c1ccccc1. The second-order valence-corrected chi connectivity index (χ2v) is 6.56. The van der Waals surface area contributed by atoms with Gasteiger partial charge in [0.05, 0.1) is 11.8 Å². The highest BCUT2D eigenvalue weighted by Crippen LogP contribution is 2.12. The molecular weight excluding hydrogens is 250 g/mol. The Kier molecular flexibility index (Phi) is 5.50.